The van der Waals surface area contributed by atoms with E-state index in [1.165, 1.54) is 102 Å². The van der Waals surface area contributed by atoms with Crippen LogP contribution in [0.25, 0.3) is 22.3 Å². The number of hydrogen-bond acceptors (Lipinski definition) is 1. The van der Waals surface area contributed by atoms with Crippen molar-refractivity contribution in [2.45, 2.75) is 123 Å². The van der Waals surface area contributed by atoms with Crippen LogP contribution >= 0.6 is 0 Å². The zero-order valence-electron chi connectivity index (χ0n) is 25.7. The maximum absolute atomic E-state index is 15.2. The van der Waals surface area contributed by atoms with Crippen LogP contribution in [-0.2, 0) is 6.42 Å². The van der Waals surface area contributed by atoms with Crippen LogP contribution in [0.15, 0.2) is 60.7 Å². The van der Waals surface area contributed by atoms with Crippen LogP contribution in [-0.4, -0.2) is 6.61 Å². The molecular formula is C38H52F2O. The van der Waals surface area contributed by atoms with Gasteiger partial charge >= 0.3 is 0 Å². The number of unbranched alkanes of at least 4 members (excludes halogenated alkanes) is 14. The Morgan fingerprint density at radius 3 is 1.37 bits per heavy atom. The zero-order chi connectivity index (χ0) is 29.1. The number of rotatable bonds is 21. The van der Waals surface area contributed by atoms with E-state index in [4.69, 9.17) is 4.74 Å². The summed E-state index contributed by atoms with van der Waals surface area (Å²) in [6, 6.07) is 18.6. The molecule has 0 radical (unpaired) electrons. The Balaban J connectivity index is 1.43. The number of ether oxygens (including phenoxy) is 1. The SMILES string of the molecule is CCCCCCCCCCCCOc1ccc(-c2ccc(-c3ccc(CCCCCCCC)cc3)c(F)c2F)cc1. The molecule has 0 bridgehead atoms. The van der Waals surface area contributed by atoms with E-state index in [2.05, 4.69) is 13.8 Å². The summed E-state index contributed by atoms with van der Waals surface area (Å²) in [7, 11) is 0. The van der Waals surface area contributed by atoms with Gasteiger partial charge in [-0.25, -0.2) is 8.78 Å². The van der Waals surface area contributed by atoms with Gasteiger partial charge in [0.15, 0.2) is 11.6 Å². The number of aryl methyl sites for hydroxylation is 1. The van der Waals surface area contributed by atoms with Gasteiger partial charge in [0.05, 0.1) is 6.61 Å². The fraction of sp³-hybridized carbons (Fsp3) is 0.526. The summed E-state index contributed by atoms with van der Waals surface area (Å²) in [6.45, 7) is 5.18. The predicted octanol–water partition coefficient (Wildman–Crippen LogP) is 12.5. The average Bonchev–Trinajstić information content (AvgIpc) is 3.00. The molecule has 0 spiro atoms. The maximum Gasteiger partial charge on any atom is 0.167 e. The van der Waals surface area contributed by atoms with Crippen LogP contribution in [0.2, 0.25) is 0 Å². The van der Waals surface area contributed by atoms with Gasteiger partial charge in [-0.15, -0.1) is 0 Å². The summed E-state index contributed by atoms with van der Waals surface area (Å²) in [5.41, 5.74) is 3.17. The first-order valence-electron chi connectivity index (χ1n) is 16.4. The second-order valence-electron chi connectivity index (χ2n) is 11.6. The monoisotopic (exact) mass is 562 g/mol. The third kappa shape index (κ3) is 11.6. The molecule has 3 aromatic carbocycles. The lowest BCUT2D eigenvalue weighted by Crippen LogP contribution is -1.98. The summed E-state index contributed by atoms with van der Waals surface area (Å²) >= 11 is 0. The topological polar surface area (TPSA) is 9.23 Å². The van der Waals surface area contributed by atoms with E-state index in [0.29, 0.717) is 23.3 Å². The van der Waals surface area contributed by atoms with Gasteiger partial charge < -0.3 is 4.74 Å². The number of halogens is 2. The third-order valence-corrected chi connectivity index (χ3v) is 8.10. The summed E-state index contributed by atoms with van der Waals surface area (Å²) in [5, 5.41) is 0. The molecule has 3 rings (SSSR count). The minimum absolute atomic E-state index is 0.271. The molecule has 0 saturated heterocycles. The molecule has 0 atom stereocenters. The van der Waals surface area contributed by atoms with E-state index >= 15 is 8.78 Å². The smallest absolute Gasteiger partial charge is 0.167 e. The van der Waals surface area contributed by atoms with E-state index in [1.54, 1.807) is 12.1 Å². The number of hydrogen-bond donors (Lipinski definition) is 0. The van der Waals surface area contributed by atoms with Gasteiger partial charge in [-0.1, -0.05) is 152 Å². The largest absolute Gasteiger partial charge is 0.494 e. The van der Waals surface area contributed by atoms with Gasteiger partial charge in [0.25, 0.3) is 0 Å². The molecule has 0 N–H and O–H groups in total. The molecule has 0 aliphatic heterocycles. The van der Waals surface area contributed by atoms with Gasteiger partial charge in [0, 0.05) is 11.1 Å². The van der Waals surface area contributed by atoms with Gasteiger partial charge in [0.2, 0.25) is 0 Å². The fourth-order valence-corrected chi connectivity index (χ4v) is 5.47. The molecule has 0 saturated carbocycles. The lowest BCUT2D eigenvalue weighted by molar-refractivity contribution is 0.304. The molecule has 3 aromatic rings. The first kappa shape index (κ1) is 32.8. The van der Waals surface area contributed by atoms with Crippen molar-refractivity contribution in [2.75, 3.05) is 6.61 Å². The summed E-state index contributed by atoms with van der Waals surface area (Å²) in [4.78, 5) is 0. The molecule has 0 unspecified atom stereocenters. The summed E-state index contributed by atoms with van der Waals surface area (Å²) in [5.74, 6) is -0.839. The zero-order valence-corrected chi connectivity index (χ0v) is 25.7. The first-order valence-corrected chi connectivity index (χ1v) is 16.4. The Kier molecular flexibility index (Phi) is 15.6. The Morgan fingerprint density at radius 1 is 0.463 bits per heavy atom. The maximum atomic E-state index is 15.2. The standard InChI is InChI=1S/C38H52F2O/c1-3-5-7-9-11-12-13-14-16-18-30-41-34-26-24-33(25-27-34)36-29-28-35(37(39)38(36)40)32-22-20-31(21-23-32)19-17-15-10-8-6-4-2/h20-29H,3-19,30H2,1-2H3. The van der Waals surface area contributed by atoms with Crippen LogP contribution in [0, 0.1) is 11.6 Å². The van der Waals surface area contributed by atoms with Crippen LogP contribution in [0.5, 0.6) is 5.75 Å². The normalized spacial score (nSPS) is 11.2. The molecule has 3 heteroatoms. The molecule has 41 heavy (non-hydrogen) atoms. The molecule has 1 nitrogen and oxygen atoms in total. The van der Waals surface area contributed by atoms with Crippen LogP contribution in [0.1, 0.15) is 122 Å². The Hall–Kier alpha value is -2.68. The van der Waals surface area contributed by atoms with Crippen LogP contribution in [0.3, 0.4) is 0 Å². The van der Waals surface area contributed by atoms with Gasteiger partial charge in [-0.05, 0) is 48.1 Å². The molecular weight excluding hydrogens is 510 g/mol. The minimum Gasteiger partial charge on any atom is -0.494 e. The second kappa shape index (κ2) is 19.4. The summed E-state index contributed by atoms with van der Waals surface area (Å²) in [6.07, 6.45) is 21.6. The highest BCUT2D eigenvalue weighted by Gasteiger charge is 2.16. The van der Waals surface area contributed by atoms with E-state index in [-0.39, 0.29) is 5.56 Å². The van der Waals surface area contributed by atoms with E-state index in [1.807, 2.05) is 48.5 Å². The molecule has 0 fully saturated rings. The van der Waals surface area contributed by atoms with Crippen molar-refractivity contribution < 1.29 is 13.5 Å². The number of benzene rings is 3. The fourth-order valence-electron chi connectivity index (χ4n) is 5.47. The summed E-state index contributed by atoms with van der Waals surface area (Å²) < 4.78 is 36.2. The van der Waals surface area contributed by atoms with Crippen molar-refractivity contribution in [3.63, 3.8) is 0 Å². The third-order valence-electron chi connectivity index (χ3n) is 8.10. The average molecular weight is 563 g/mol. The predicted molar refractivity (Wildman–Crippen MR) is 172 cm³/mol. The first-order chi connectivity index (χ1) is 20.1. The molecule has 0 amide bonds. The van der Waals surface area contributed by atoms with Crippen molar-refractivity contribution in [3.05, 3.63) is 77.9 Å². The highest BCUT2D eigenvalue weighted by atomic mass is 19.2. The second-order valence-corrected chi connectivity index (χ2v) is 11.6. The van der Waals surface area contributed by atoms with Gasteiger partial charge in [0.1, 0.15) is 5.75 Å². The molecule has 0 aromatic heterocycles. The lowest BCUT2D eigenvalue weighted by Gasteiger charge is -2.11. The van der Waals surface area contributed by atoms with Crippen molar-refractivity contribution in [1.82, 2.24) is 0 Å². The minimum atomic E-state index is -0.808. The Bertz CT molecular complexity index is 1100. The molecule has 0 heterocycles. The van der Waals surface area contributed by atoms with Gasteiger partial charge in [-0.2, -0.15) is 0 Å². The quantitative estimate of drug-likeness (QED) is 0.117. The van der Waals surface area contributed by atoms with E-state index in [9.17, 15) is 0 Å². The highest BCUT2D eigenvalue weighted by Crippen LogP contribution is 2.32. The molecule has 224 valence electrons. The van der Waals surface area contributed by atoms with Crippen molar-refractivity contribution in [1.29, 1.82) is 0 Å². The van der Waals surface area contributed by atoms with Crippen molar-refractivity contribution in [3.8, 4) is 28.0 Å². The van der Waals surface area contributed by atoms with Crippen LogP contribution < -0.4 is 4.74 Å². The van der Waals surface area contributed by atoms with E-state index < -0.39 is 11.6 Å². The molecule has 0 aliphatic rings. The van der Waals surface area contributed by atoms with E-state index in [0.717, 1.165) is 18.6 Å². The van der Waals surface area contributed by atoms with Crippen molar-refractivity contribution in [2.24, 2.45) is 0 Å². The van der Waals surface area contributed by atoms with Crippen molar-refractivity contribution >= 4 is 0 Å². The highest BCUT2D eigenvalue weighted by molar-refractivity contribution is 5.72. The van der Waals surface area contributed by atoms with Gasteiger partial charge in [-0.3, -0.25) is 0 Å². The molecule has 0 aliphatic carbocycles. The Morgan fingerprint density at radius 2 is 0.878 bits per heavy atom. The Labute approximate surface area is 248 Å². The lowest BCUT2D eigenvalue weighted by atomic mass is 9.97. The van der Waals surface area contributed by atoms with Crippen LogP contribution in [0.4, 0.5) is 8.78 Å².